The maximum atomic E-state index is 12.9. The van der Waals surface area contributed by atoms with E-state index in [1.807, 2.05) is 29.3 Å². The summed E-state index contributed by atoms with van der Waals surface area (Å²) in [5.74, 6) is 0.0303. The van der Waals surface area contributed by atoms with Gasteiger partial charge < -0.3 is 9.80 Å². The third kappa shape index (κ3) is 3.81. The van der Waals surface area contributed by atoms with E-state index in [1.165, 1.54) is 16.8 Å². The molecule has 2 aliphatic heterocycles. The number of benzene rings is 2. The zero-order valence-corrected chi connectivity index (χ0v) is 17.1. The van der Waals surface area contributed by atoms with E-state index in [4.69, 9.17) is 0 Å². The largest absolute Gasteiger partial charge is 0.340 e. The maximum Gasteiger partial charge on any atom is 0.272 e. The third-order valence-corrected chi connectivity index (χ3v) is 6.07. The van der Waals surface area contributed by atoms with Crippen LogP contribution < -0.4 is 4.90 Å². The number of amides is 1. The van der Waals surface area contributed by atoms with Crippen molar-refractivity contribution in [1.29, 1.82) is 0 Å². The van der Waals surface area contributed by atoms with E-state index in [-0.39, 0.29) is 5.91 Å². The van der Waals surface area contributed by atoms with Crippen LogP contribution in [0.4, 0.5) is 11.4 Å². The maximum absolute atomic E-state index is 12.9. The highest BCUT2D eigenvalue weighted by Crippen LogP contribution is 2.33. The number of rotatable bonds is 4. The summed E-state index contributed by atoms with van der Waals surface area (Å²) in [6.07, 6.45) is 2.88. The summed E-state index contributed by atoms with van der Waals surface area (Å²) in [6, 6.07) is 22.9. The monoisotopic (exact) mass is 398 g/mol. The second-order valence-electron chi connectivity index (χ2n) is 7.99. The van der Waals surface area contributed by atoms with Gasteiger partial charge in [-0.15, -0.1) is 0 Å². The molecule has 0 spiro atoms. The second-order valence-corrected chi connectivity index (χ2v) is 7.99. The molecule has 0 bridgehead atoms. The van der Waals surface area contributed by atoms with E-state index in [0.29, 0.717) is 5.69 Å². The van der Waals surface area contributed by atoms with Crippen LogP contribution >= 0.6 is 0 Å². The van der Waals surface area contributed by atoms with Crippen LogP contribution in [0.25, 0.3) is 0 Å². The fraction of sp³-hybridized carbons (Fsp3) is 0.280. The van der Waals surface area contributed by atoms with Crippen LogP contribution in [0.2, 0.25) is 0 Å². The third-order valence-electron chi connectivity index (χ3n) is 6.07. The molecule has 152 valence electrons. The van der Waals surface area contributed by atoms with Crippen molar-refractivity contribution < 1.29 is 4.79 Å². The van der Waals surface area contributed by atoms with Crippen LogP contribution in [0, 0.1) is 0 Å². The Morgan fingerprint density at radius 2 is 1.60 bits per heavy atom. The Labute approximate surface area is 177 Å². The van der Waals surface area contributed by atoms with Crippen LogP contribution in [0.3, 0.4) is 0 Å². The van der Waals surface area contributed by atoms with Gasteiger partial charge in [0, 0.05) is 45.0 Å². The lowest BCUT2D eigenvalue weighted by molar-refractivity contribution is 0.0623. The Kier molecular flexibility index (Phi) is 5.20. The average Bonchev–Trinajstić information content (AvgIpc) is 3.24. The second kappa shape index (κ2) is 8.28. The number of hydrogen-bond donors (Lipinski definition) is 0. The highest BCUT2D eigenvalue weighted by Gasteiger charge is 2.24. The Hall–Kier alpha value is -3.18. The molecule has 30 heavy (non-hydrogen) atoms. The van der Waals surface area contributed by atoms with Crippen molar-refractivity contribution in [2.75, 3.05) is 37.6 Å². The lowest BCUT2D eigenvalue weighted by Gasteiger charge is -2.34. The zero-order chi connectivity index (χ0) is 20.3. The number of carbonyl (C=O) groups excluding carboxylic acids is 1. The van der Waals surface area contributed by atoms with Gasteiger partial charge in [0.25, 0.3) is 5.91 Å². The summed E-state index contributed by atoms with van der Waals surface area (Å²) in [6.45, 7) is 5.17. The molecule has 2 aromatic carbocycles. The van der Waals surface area contributed by atoms with E-state index in [0.717, 1.165) is 51.4 Å². The minimum Gasteiger partial charge on any atom is -0.340 e. The molecule has 0 atom stereocenters. The van der Waals surface area contributed by atoms with Gasteiger partial charge in [-0.25, -0.2) is 4.98 Å². The van der Waals surface area contributed by atoms with Crippen LogP contribution in [-0.2, 0) is 13.0 Å². The Morgan fingerprint density at radius 3 is 2.37 bits per heavy atom. The molecule has 5 heteroatoms. The molecule has 0 unspecified atom stereocenters. The van der Waals surface area contributed by atoms with E-state index in [2.05, 4.69) is 63.3 Å². The molecular formula is C25H26N4O. The number of carbonyl (C=O) groups is 1. The predicted octanol–water partition coefficient (Wildman–Crippen LogP) is 3.73. The lowest BCUT2D eigenvalue weighted by atomic mass is 10.2. The summed E-state index contributed by atoms with van der Waals surface area (Å²) in [5.41, 5.74) is 5.50. The number of piperazine rings is 1. The topological polar surface area (TPSA) is 39.7 Å². The number of nitrogens with zero attached hydrogens (tertiary/aromatic N) is 4. The smallest absolute Gasteiger partial charge is 0.272 e. The van der Waals surface area contributed by atoms with Crippen molar-refractivity contribution in [2.45, 2.75) is 13.0 Å². The van der Waals surface area contributed by atoms with Gasteiger partial charge in [-0.05, 0) is 35.7 Å². The van der Waals surface area contributed by atoms with Gasteiger partial charge >= 0.3 is 0 Å². The molecular weight excluding hydrogens is 372 g/mol. The van der Waals surface area contributed by atoms with Gasteiger partial charge in [0.2, 0.25) is 0 Å². The van der Waals surface area contributed by atoms with Crippen molar-refractivity contribution in [2.24, 2.45) is 0 Å². The summed E-state index contributed by atoms with van der Waals surface area (Å²) in [7, 11) is 0. The lowest BCUT2D eigenvalue weighted by Crippen LogP contribution is -2.48. The summed E-state index contributed by atoms with van der Waals surface area (Å²) >= 11 is 0. The molecule has 5 rings (SSSR count). The molecule has 0 N–H and O–H groups in total. The predicted molar refractivity (Wildman–Crippen MR) is 119 cm³/mol. The quantitative estimate of drug-likeness (QED) is 0.671. The number of pyridine rings is 1. The number of aromatic nitrogens is 1. The first-order valence-electron chi connectivity index (χ1n) is 10.6. The normalized spacial score (nSPS) is 16.5. The van der Waals surface area contributed by atoms with E-state index in [1.54, 1.807) is 0 Å². The van der Waals surface area contributed by atoms with Crippen LogP contribution in [0.15, 0.2) is 72.9 Å². The Balaban J connectivity index is 1.20. The Bertz CT molecular complexity index is 1010. The number of hydrogen-bond acceptors (Lipinski definition) is 4. The van der Waals surface area contributed by atoms with Gasteiger partial charge in [-0.2, -0.15) is 0 Å². The Morgan fingerprint density at radius 1 is 0.833 bits per heavy atom. The summed E-state index contributed by atoms with van der Waals surface area (Å²) < 4.78 is 0. The number of fused-ring (bicyclic) bond motifs is 1. The van der Waals surface area contributed by atoms with Crippen molar-refractivity contribution in [3.05, 3.63) is 89.7 Å². The van der Waals surface area contributed by atoms with Gasteiger partial charge in [0.05, 0.1) is 11.9 Å². The molecule has 5 nitrogen and oxygen atoms in total. The first kappa shape index (κ1) is 18.8. The van der Waals surface area contributed by atoms with Gasteiger partial charge in [0.1, 0.15) is 5.69 Å². The molecule has 2 aliphatic rings. The van der Waals surface area contributed by atoms with Crippen LogP contribution in [-0.4, -0.2) is 53.4 Å². The summed E-state index contributed by atoms with van der Waals surface area (Å²) in [4.78, 5) is 24.0. The average molecular weight is 399 g/mol. The van der Waals surface area contributed by atoms with E-state index < -0.39 is 0 Å². The standard InChI is InChI=1S/C25H26N4O/c30-25(28-16-14-27(15-17-28)19-20-6-2-1-3-7-20)23-11-10-22(18-26-23)29-13-12-21-8-4-5-9-24(21)29/h1-11,18H,12-17,19H2. The first-order valence-corrected chi connectivity index (χ1v) is 10.6. The molecule has 1 fully saturated rings. The van der Waals surface area contributed by atoms with Gasteiger partial charge in [0.15, 0.2) is 0 Å². The van der Waals surface area contributed by atoms with Gasteiger partial charge in [-0.3, -0.25) is 9.69 Å². The SMILES string of the molecule is O=C(c1ccc(N2CCc3ccccc32)cn1)N1CCN(Cc2ccccc2)CC1. The fourth-order valence-electron chi connectivity index (χ4n) is 4.39. The molecule has 0 aliphatic carbocycles. The van der Waals surface area contributed by atoms with Crippen molar-refractivity contribution >= 4 is 17.3 Å². The molecule has 0 radical (unpaired) electrons. The molecule has 3 aromatic rings. The van der Waals surface area contributed by atoms with E-state index in [9.17, 15) is 4.79 Å². The van der Waals surface area contributed by atoms with Crippen LogP contribution in [0.1, 0.15) is 21.6 Å². The molecule has 1 amide bonds. The minimum atomic E-state index is 0.0303. The molecule has 0 saturated carbocycles. The van der Waals surface area contributed by atoms with Crippen molar-refractivity contribution in [3.63, 3.8) is 0 Å². The van der Waals surface area contributed by atoms with Gasteiger partial charge in [-0.1, -0.05) is 48.5 Å². The highest BCUT2D eigenvalue weighted by atomic mass is 16.2. The first-order chi connectivity index (χ1) is 14.8. The fourth-order valence-corrected chi connectivity index (χ4v) is 4.39. The summed E-state index contributed by atoms with van der Waals surface area (Å²) in [5, 5.41) is 0. The van der Waals surface area contributed by atoms with E-state index >= 15 is 0 Å². The molecule has 1 aromatic heterocycles. The minimum absolute atomic E-state index is 0.0303. The number of anilines is 2. The highest BCUT2D eigenvalue weighted by molar-refractivity contribution is 5.92. The van der Waals surface area contributed by atoms with Crippen molar-refractivity contribution in [3.8, 4) is 0 Å². The molecule has 3 heterocycles. The van der Waals surface area contributed by atoms with Crippen molar-refractivity contribution in [1.82, 2.24) is 14.8 Å². The van der Waals surface area contributed by atoms with Crippen LogP contribution in [0.5, 0.6) is 0 Å². The number of para-hydroxylation sites is 1. The molecule has 1 saturated heterocycles. The zero-order valence-electron chi connectivity index (χ0n) is 17.1.